The lowest BCUT2D eigenvalue weighted by atomic mass is 9.89. The van der Waals surface area contributed by atoms with Crippen LogP contribution in [0.4, 0.5) is 5.69 Å². The van der Waals surface area contributed by atoms with E-state index >= 15 is 0 Å². The van der Waals surface area contributed by atoms with Gasteiger partial charge in [-0.3, -0.25) is 9.78 Å². The van der Waals surface area contributed by atoms with Crippen molar-refractivity contribution >= 4 is 11.6 Å². The van der Waals surface area contributed by atoms with Crippen molar-refractivity contribution in [3.05, 3.63) is 24.5 Å². The highest BCUT2D eigenvalue weighted by molar-refractivity contribution is 5.90. The first-order chi connectivity index (χ1) is 8.79. The molecular weight excluding hydrogens is 226 g/mol. The average Bonchev–Trinajstić information content (AvgIpc) is 2.70. The Morgan fingerprint density at radius 3 is 2.61 bits per heavy atom. The van der Waals surface area contributed by atoms with Crippen molar-refractivity contribution in [1.29, 1.82) is 0 Å². The molecule has 96 valence electrons. The van der Waals surface area contributed by atoms with E-state index in [2.05, 4.69) is 15.6 Å². The second kappa shape index (κ2) is 5.06. The van der Waals surface area contributed by atoms with Gasteiger partial charge in [-0.25, -0.2) is 0 Å². The van der Waals surface area contributed by atoms with Gasteiger partial charge < -0.3 is 10.6 Å². The van der Waals surface area contributed by atoms with Crippen molar-refractivity contribution < 1.29 is 4.79 Å². The number of pyridine rings is 1. The summed E-state index contributed by atoms with van der Waals surface area (Å²) in [4.78, 5) is 15.9. The van der Waals surface area contributed by atoms with Crippen molar-refractivity contribution in [3.63, 3.8) is 0 Å². The third kappa shape index (κ3) is 2.70. The lowest BCUT2D eigenvalue weighted by molar-refractivity contribution is -0.117. The van der Waals surface area contributed by atoms with E-state index < -0.39 is 0 Å². The van der Waals surface area contributed by atoms with Gasteiger partial charge in [-0.1, -0.05) is 0 Å². The van der Waals surface area contributed by atoms with Crippen molar-refractivity contribution in [3.8, 4) is 0 Å². The van der Waals surface area contributed by atoms with E-state index in [1.54, 1.807) is 12.4 Å². The summed E-state index contributed by atoms with van der Waals surface area (Å²) in [5.41, 5.74) is 0.840. The maximum atomic E-state index is 12.0. The van der Waals surface area contributed by atoms with Crippen LogP contribution in [0.1, 0.15) is 32.1 Å². The van der Waals surface area contributed by atoms with Crippen LogP contribution in [0.5, 0.6) is 0 Å². The minimum Gasteiger partial charge on any atom is -0.326 e. The number of hydrogen-bond donors (Lipinski definition) is 2. The molecule has 0 saturated carbocycles. The van der Waals surface area contributed by atoms with Crippen LogP contribution >= 0.6 is 0 Å². The molecule has 4 heteroatoms. The molecule has 2 unspecified atom stereocenters. The molecule has 0 radical (unpaired) electrons. The summed E-state index contributed by atoms with van der Waals surface area (Å²) in [7, 11) is 0. The zero-order chi connectivity index (χ0) is 12.4. The van der Waals surface area contributed by atoms with Gasteiger partial charge in [-0.2, -0.15) is 0 Å². The molecule has 2 aliphatic rings. The van der Waals surface area contributed by atoms with Crippen LogP contribution in [0.25, 0.3) is 0 Å². The molecule has 3 rings (SSSR count). The van der Waals surface area contributed by atoms with Crippen molar-refractivity contribution in [2.75, 3.05) is 5.32 Å². The lowest BCUT2D eigenvalue weighted by Crippen LogP contribution is -2.39. The van der Waals surface area contributed by atoms with Crippen LogP contribution in [0.15, 0.2) is 24.5 Å². The van der Waals surface area contributed by atoms with Crippen molar-refractivity contribution in [1.82, 2.24) is 10.3 Å². The average molecular weight is 245 g/mol. The van der Waals surface area contributed by atoms with Crippen LogP contribution in [0, 0.1) is 5.92 Å². The Morgan fingerprint density at radius 2 is 1.94 bits per heavy atom. The maximum Gasteiger partial charge on any atom is 0.224 e. The van der Waals surface area contributed by atoms with E-state index in [4.69, 9.17) is 0 Å². The Bertz CT molecular complexity index is 408. The molecule has 1 amide bonds. The summed E-state index contributed by atoms with van der Waals surface area (Å²) < 4.78 is 0. The number of hydrogen-bond acceptors (Lipinski definition) is 3. The van der Waals surface area contributed by atoms with E-state index in [1.165, 1.54) is 12.8 Å². The van der Waals surface area contributed by atoms with Gasteiger partial charge in [0.15, 0.2) is 0 Å². The first-order valence-electron chi connectivity index (χ1n) is 6.75. The van der Waals surface area contributed by atoms with Gasteiger partial charge in [0.1, 0.15) is 0 Å². The van der Waals surface area contributed by atoms with E-state index in [-0.39, 0.29) is 5.91 Å². The fraction of sp³-hybridized carbons (Fsp3) is 0.571. The van der Waals surface area contributed by atoms with Gasteiger partial charge in [0, 0.05) is 36.6 Å². The predicted molar refractivity (Wildman–Crippen MR) is 70.2 cm³/mol. The molecule has 1 aromatic heterocycles. The largest absolute Gasteiger partial charge is 0.326 e. The molecule has 4 nitrogen and oxygen atoms in total. The van der Waals surface area contributed by atoms with Crippen LogP contribution in [0.2, 0.25) is 0 Å². The topological polar surface area (TPSA) is 54.0 Å². The molecule has 2 saturated heterocycles. The van der Waals surface area contributed by atoms with E-state index in [1.807, 2.05) is 12.1 Å². The van der Waals surface area contributed by atoms with Crippen molar-refractivity contribution in [2.24, 2.45) is 5.92 Å². The highest BCUT2D eigenvalue weighted by Gasteiger charge is 2.34. The number of fused-ring (bicyclic) bond motifs is 2. The molecule has 18 heavy (non-hydrogen) atoms. The SMILES string of the molecule is O=C(CC1CC2CCC(C1)N2)Nc1ccncc1. The van der Waals surface area contributed by atoms with Crippen LogP contribution in [-0.4, -0.2) is 23.0 Å². The zero-order valence-electron chi connectivity index (χ0n) is 10.4. The van der Waals surface area contributed by atoms with Crippen molar-refractivity contribution in [2.45, 2.75) is 44.2 Å². The Balaban J connectivity index is 1.52. The van der Waals surface area contributed by atoms with Gasteiger partial charge in [-0.05, 0) is 43.7 Å². The molecule has 2 bridgehead atoms. The fourth-order valence-electron chi connectivity index (χ4n) is 3.25. The third-order valence-electron chi connectivity index (χ3n) is 4.01. The lowest BCUT2D eigenvalue weighted by Gasteiger charge is -2.28. The number of carbonyl (C=O) groups is 1. The van der Waals surface area contributed by atoms with Gasteiger partial charge >= 0.3 is 0 Å². The molecule has 3 heterocycles. The number of piperidine rings is 1. The number of rotatable bonds is 3. The molecule has 2 atom stereocenters. The molecule has 1 aromatic rings. The third-order valence-corrected chi connectivity index (χ3v) is 4.01. The summed E-state index contributed by atoms with van der Waals surface area (Å²) in [5, 5.41) is 6.54. The molecular formula is C14H19N3O. The first kappa shape index (κ1) is 11.7. The number of amides is 1. The number of nitrogens with one attached hydrogen (secondary N) is 2. The van der Waals surface area contributed by atoms with Crippen LogP contribution in [0.3, 0.4) is 0 Å². The zero-order valence-corrected chi connectivity index (χ0v) is 10.4. The minimum atomic E-state index is 0.132. The number of nitrogens with zero attached hydrogens (tertiary/aromatic N) is 1. The molecule has 2 aliphatic heterocycles. The van der Waals surface area contributed by atoms with Crippen LogP contribution < -0.4 is 10.6 Å². The van der Waals surface area contributed by atoms with E-state index in [0.717, 1.165) is 18.5 Å². The number of aromatic nitrogens is 1. The summed E-state index contributed by atoms with van der Waals surface area (Å²) in [6.07, 6.45) is 8.92. The monoisotopic (exact) mass is 245 g/mol. The molecule has 0 aliphatic carbocycles. The van der Waals surface area contributed by atoms with Gasteiger partial charge in [0.05, 0.1) is 0 Å². The molecule has 2 N–H and O–H groups in total. The maximum absolute atomic E-state index is 12.0. The summed E-state index contributed by atoms with van der Waals surface area (Å²) in [5.74, 6) is 0.679. The smallest absolute Gasteiger partial charge is 0.224 e. The standard InChI is InChI=1S/C14H19N3O/c18-14(17-11-3-5-15-6-4-11)9-10-7-12-1-2-13(8-10)16-12/h3-6,10,12-13,16H,1-2,7-9H2,(H,15,17,18). The van der Waals surface area contributed by atoms with Gasteiger partial charge in [0.25, 0.3) is 0 Å². The molecule has 0 aromatic carbocycles. The Labute approximate surface area is 107 Å². The normalized spacial score (nSPS) is 30.1. The second-order valence-corrected chi connectivity index (χ2v) is 5.46. The Hall–Kier alpha value is -1.42. The highest BCUT2D eigenvalue weighted by Crippen LogP contribution is 2.32. The van der Waals surface area contributed by atoms with Crippen LogP contribution in [-0.2, 0) is 4.79 Å². The Morgan fingerprint density at radius 1 is 1.28 bits per heavy atom. The highest BCUT2D eigenvalue weighted by atomic mass is 16.1. The fourth-order valence-corrected chi connectivity index (χ4v) is 3.25. The summed E-state index contributed by atoms with van der Waals surface area (Å²) in [6.45, 7) is 0. The van der Waals surface area contributed by atoms with E-state index in [9.17, 15) is 4.79 Å². The molecule has 2 fully saturated rings. The first-order valence-corrected chi connectivity index (χ1v) is 6.75. The van der Waals surface area contributed by atoms with E-state index in [0.29, 0.717) is 24.4 Å². The summed E-state index contributed by atoms with van der Waals surface area (Å²) in [6, 6.07) is 4.96. The van der Waals surface area contributed by atoms with Gasteiger partial charge in [-0.15, -0.1) is 0 Å². The summed E-state index contributed by atoms with van der Waals surface area (Å²) >= 11 is 0. The Kier molecular flexibility index (Phi) is 3.28. The number of carbonyl (C=O) groups excluding carboxylic acids is 1. The molecule has 0 spiro atoms. The predicted octanol–water partition coefficient (Wildman–Crippen LogP) is 1.94. The minimum absolute atomic E-state index is 0.132. The van der Waals surface area contributed by atoms with Gasteiger partial charge in [0.2, 0.25) is 5.91 Å². The quantitative estimate of drug-likeness (QED) is 0.855. The number of anilines is 1. The second-order valence-electron chi connectivity index (χ2n) is 5.46.